The molecule has 152 valence electrons. The van der Waals surface area contributed by atoms with Crippen molar-refractivity contribution in [1.82, 2.24) is 4.98 Å². The third kappa shape index (κ3) is 3.18. The number of hydrogen-bond donors (Lipinski definition) is 1. The zero-order valence-electron chi connectivity index (χ0n) is 16.9. The number of amides is 1. The fraction of sp³-hybridized carbons (Fsp3) is 0.583. The Hall–Kier alpha value is -1.88. The van der Waals surface area contributed by atoms with Gasteiger partial charge in [0.1, 0.15) is 0 Å². The lowest BCUT2D eigenvalue weighted by molar-refractivity contribution is -0.140. The van der Waals surface area contributed by atoms with Crippen molar-refractivity contribution in [2.24, 2.45) is 23.2 Å². The fourth-order valence-corrected chi connectivity index (χ4v) is 7.72. The highest BCUT2D eigenvalue weighted by Crippen LogP contribution is 2.60. The Morgan fingerprint density at radius 1 is 1.00 bits per heavy atom. The third-order valence-corrected chi connectivity index (χ3v) is 8.73. The molecule has 4 nitrogen and oxygen atoms in total. The Morgan fingerprint density at radius 3 is 2.24 bits per heavy atom. The molecule has 5 fully saturated rings. The summed E-state index contributed by atoms with van der Waals surface area (Å²) in [5.74, 6) is 2.66. The van der Waals surface area contributed by atoms with Crippen molar-refractivity contribution >= 4 is 28.1 Å². The van der Waals surface area contributed by atoms with Gasteiger partial charge in [-0.1, -0.05) is 12.1 Å². The van der Waals surface area contributed by atoms with Crippen LogP contribution in [0, 0.1) is 23.2 Å². The molecule has 4 bridgehead atoms. The van der Waals surface area contributed by atoms with Crippen LogP contribution >= 0.6 is 11.3 Å². The average Bonchev–Trinajstić information content (AvgIpc) is 3.39. The second-order valence-electron chi connectivity index (χ2n) is 9.94. The molecular weight excluding hydrogens is 378 g/mol. The highest BCUT2D eigenvalue weighted by atomic mass is 32.1. The van der Waals surface area contributed by atoms with Gasteiger partial charge in [-0.2, -0.15) is 0 Å². The van der Waals surface area contributed by atoms with Gasteiger partial charge in [-0.05, 0) is 81.3 Å². The van der Waals surface area contributed by atoms with E-state index in [9.17, 15) is 4.79 Å². The van der Waals surface area contributed by atoms with E-state index in [1.807, 2.05) is 12.1 Å². The minimum Gasteiger partial charge on any atom is -0.348 e. The monoisotopic (exact) mass is 407 g/mol. The molecule has 1 aromatic carbocycles. The molecule has 1 N–H and O–H groups in total. The first-order valence-electron chi connectivity index (χ1n) is 11.3. The molecule has 4 aliphatic carbocycles. The number of thiazole rings is 1. The van der Waals surface area contributed by atoms with Crippen LogP contribution in [0.2, 0.25) is 0 Å². The van der Waals surface area contributed by atoms with Crippen LogP contribution in [-0.4, -0.2) is 24.0 Å². The summed E-state index contributed by atoms with van der Waals surface area (Å²) in [6, 6.07) is 8.28. The summed E-state index contributed by atoms with van der Waals surface area (Å²) in [4.78, 5) is 20.5. The molecule has 7 rings (SSSR count). The highest BCUT2D eigenvalue weighted by molar-refractivity contribution is 7.14. The predicted octanol–water partition coefficient (Wildman–Crippen LogP) is 5.57. The second kappa shape index (κ2) is 6.83. The van der Waals surface area contributed by atoms with E-state index in [1.54, 1.807) is 11.3 Å². The van der Waals surface area contributed by atoms with Gasteiger partial charge in [0.15, 0.2) is 5.13 Å². The molecular formula is C24H29N3OS. The first kappa shape index (κ1) is 17.9. The lowest BCUT2D eigenvalue weighted by Gasteiger charge is -2.55. The van der Waals surface area contributed by atoms with Crippen LogP contribution in [0.4, 0.5) is 10.8 Å². The number of aromatic nitrogens is 1. The number of nitrogens with zero attached hydrogens (tertiary/aromatic N) is 2. The minimum atomic E-state index is -0.0903. The number of hydrogen-bond acceptors (Lipinski definition) is 4. The maximum Gasteiger partial charge on any atom is 0.230 e. The lowest BCUT2D eigenvalue weighted by Crippen LogP contribution is -2.51. The van der Waals surface area contributed by atoms with Gasteiger partial charge >= 0.3 is 0 Å². The summed E-state index contributed by atoms with van der Waals surface area (Å²) in [5.41, 5.74) is 2.99. The minimum absolute atomic E-state index is 0.0903. The molecule has 5 heteroatoms. The van der Waals surface area contributed by atoms with Crippen LogP contribution in [0.5, 0.6) is 0 Å². The molecule has 2 aromatic rings. The van der Waals surface area contributed by atoms with E-state index >= 15 is 0 Å². The number of anilines is 2. The van der Waals surface area contributed by atoms with Gasteiger partial charge in [0.25, 0.3) is 0 Å². The SMILES string of the molecule is O=C(Nc1ccc(-c2csc(N3CCCC3)n2)cc1)C12CC3CC(CC(C3)C1)C2. The predicted molar refractivity (Wildman–Crippen MR) is 118 cm³/mol. The summed E-state index contributed by atoms with van der Waals surface area (Å²) in [5, 5.41) is 6.55. The molecule has 1 amide bonds. The van der Waals surface area contributed by atoms with E-state index in [4.69, 9.17) is 4.98 Å². The van der Waals surface area contributed by atoms with Gasteiger partial charge in [0, 0.05) is 29.7 Å². The van der Waals surface area contributed by atoms with Gasteiger partial charge in [-0.3, -0.25) is 4.79 Å². The van der Waals surface area contributed by atoms with Gasteiger partial charge in [-0.15, -0.1) is 11.3 Å². The molecule has 4 saturated carbocycles. The zero-order valence-corrected chi connectivity index (χ0v) is 17.7. The normalized spacial score (nSPS) is 32.7. The van der Waals surface area contributed by atoms with Crippen molar-refractivity contribution in [3.63, 3.8) is 0 Å². The van der Waals surface area contributed by atoms with Crippen LogP contribution in [0.3, 0.4) is 0 Å². The molecule has 1 aliphatic heterocycles. The molecule has 0 radical (unpaired) electrons. The summed E-state index contributed by atoms with van der Waals surface area (Å²) >= 11 is 1.73. The Morgan fingerprint density at radius 2 is 1.62 bits per heavy atom. The van der Waals surface area contributed by atoms with E-state index in [1.165, 1.54) is 32.1 Å². The number of carbonyl (C=O) groups is 1. The summed E-state index contributed by atoms with van der Waals surface area (Å²) in [6.45, 7) is 2.25. The first-order valence-corrected chi connectivity index (χ1v) is 12.2. The molecule has 5 aliphatic rings. The van der Waals surface area contributed by atoms with E-state index in [2.05, 4.69) is 27.7 Å². The van der Waals surface area contributed by atoms with Crippen LogP contribution < -0.4 is 10.2 Å². The molecule has 1 aromatic heterocycles. The van der Waals surface area contributed by atoms with Gasteiger partial charge in [-0.25, -0.2) is 4.98 Å². The van der Waals surface area contributed by atoms with Crippen LogP contribution in [0.1, 0.15) is 51.4 Å². The Labute approximate surface area is 176 Å². The lowest BCUT2D eigenvalue weighted by atomic mass is 9.49. The van der Waals surface area contributed by atoms with Crippen LogP contribution in [-0.2, 0) is 4.79 Å². The van der Waals surface area contributed by atoms with Crippen molar-refractivity contribution in [3.05, 3.63) is 29.6 Å². The van der Waals surface area contributed by atoms with Gasteiger partial charge in [0.2, 0.25) is 5.91 Å². The van der Waals surface area contributed by atoms with E-state index < -0.39 is 0 Å². The molecule has 2 heterocycles. The van der Waals surface area contributed by atoms with Gasteiger partial charge < -0.3 is 10.2 Å². The first-order chi connectivity index (χ1) is 14.2. The Bertz CT molecular complexity index is 877. The Balaban J connectivity index is 1.16. The van der Waals surface area contributed by atoms with Gasteiger partial charge in [0.05, 0.1) is 11.1 Å². The highest BCUT2D eigenvalue weighted by Gasteiger charge is 2.54. The van der Waals surface area contributed by atoms with Crippen molar-refractivity contribution < 1.29 is 4.79 Å². The second-order valence-corrected chi connectivity index (χ2v) is 10.8. The molecule has 0 unspecified atom stereocenters. The van der Waals surface area contributed by atoms with E-state index in [0.717, 1.165) is 72.2 Å². The molecule has 1 saturated heterocycles. The number of benzene rings is 1. The summed E-state index contributed by atoms with van der Waals surface area (Å²) in [7, 11) is 0. The van der Waals surface area contributed by atoms with Crippen molar-refractivity contribution in [1.29, 1.82) is 0 Å². The van der Waals surface area contributed by atoms with Crippen molar-refractivity contribution in [2.75, 3.05) is 23.3 Å². The standard InChI is InChI=1S/C24H29N3OS/c28-22(24-12-16-9-17(13-24)11-18(10-16)14-24)25-20-5-3-19(4-6-20)21-15-29-23(26-21)27-7-1-2-8-27/h3-6,15-18H,1-2,7-14H2,(H,25,28). The summed E-state index contributed by atoms with van der Waals surface area (Å²) in [6.07, 6.45) is 9.99. The Kier molecular flexibility index (Phi) is 4.22. The summed E-state index contributed by atoms with van der Waals surface area (Å²) < 4.78 is 0. The largest absolute Gasteiger partial charge is 0.348 e. The van der Waals surface area contributed by atoms with E-state index in [-0.39, 0.29) is 11.3 Å². The zero-order chi connectivity index (χ0) is 19.4. The molecule has 0 atom stereocenters. The van der Waals surface area contributed by atoms with E-state index in [0.29, 0.717) is 0 Å². The fourth-order valence-electron chi connectivity index (χ4n) is 6.83. The molecule has 29 heavy (non-hydrogen) atoms. The third-order valence-electron chi connectivity index (χ3n) is 7.83. The van der Waals surface area contributed by atoms with Crippen molar-refractivity contribution in [2.45, 2.75) is 51.4 Å². The smallest absolute Gasteiger partial charge is 0.230 e. The average molecular weight is 408 g/mol. The molecule has 0 spiro atoms. The quantitative estimate of drug-likeness (QED) is 0.721. The van der Waals surface area contributed by atoms with Crippen LogP contribution in [0.15, 0.2) is 29.6 Å². The van der Waals surface area contributed by atoms with Crippen LogP contribution in [0.25, 0.3) is 11.3 Å². The maximum absolute atomic E-state index is 13.2. The van der Waals surface area contributed by atoms with Crippen molar-refractivity contribution in [3.8, 4) is 11.3 Å². The topological polar surface area (TPSA) is 45.2 Å². The number of carbonyl (C=O) groups excluding carboxylic acids is 1. The number of nitrogens with one attached hydrogen (secondary N) is 1. The number of rotatable bonds is 4. The maximum atomic E-state index is 13.2.